The van der Waals surface area contributed by atoms with Gasteiger partial charge in [-0.05, 0) is 59.9 Å². The summed E-state index contributed by atoms with van der Waals surface area (Å²) < 4.78 is 6.27. The lowest BCUT2D eigenvalue weighted by Gasteiger charge is -2.01. The average molecular weight is 395 g/mol. The summed E-state index contributed by atoms with van der Waals surface area (Å²) in [5, 5.41) is 0. The van der Waals surface area contributed by atoms with Gasteiger partial charge in [0.1, 0.15) is 0 Å². The highest BCUT2D eigenvalue weighted by molar-refractivity contribution is 14.1. The fourth-order valence-electron chi connectivity index (χ4n) is 1.82. The molecule has 0 atom stereocenters. The van der Waals surface area contributed by atoms with Crippen LogP contribution in [-0.4, -0.2) is 11.9 Å². The van der Waals surface area contributed by atoms with Gasteiger partial charge in [0.15, 0.2) is 5.70 Å². The van der Waals surface area contributed by atoms with Crippen molar-refractivity contribution >= 4 is 51.9 Å². The molecule has 100 valence electrons. The van der Waals surface area contributed by atoms with Crippen molar-refractivity contribution in [2.75, 3.05) is 0 Å². The highest BCUT2D eigenvalue weighted by atomic mass is 127. The van der Waals surface area contributed by atoms with E-state index in [0.29, 0.717) is 11.6 Å². The molecule has 0 bridgehead atoms. The molecular weight excluding hydrogens is 385 g/mol. The maximum Gasteiger partial charge on any atom is 0.363 e. The van der Waals surface area contributed by atoms with Crippen LogP contribution in [0.15, 0.2) is 47.1 Å². The molecule has 0 radical (unpaired) electrons. The molecule has 3 rings (SSSR count). The van der Waals surface area contributed by atoms with Crippen molar-refractivity contribution in [2.24, 2.45) is 4.99 Å². The lowest BCUT2D eigenvalue weighted by molar-refractivity contribution is -0.129. The first kappa shape index (κ1) is 13.5. The molecule has 0 N–H and O–H groups in total. The largest absolute Gasteiger partial charge is 0.402 e. The highest BCUT2D eigenvalue weighted by Gasteiger charge is 2.25. The summed E-state index contributed by atoms with van der Waals surface area (Å²) >= 11 is 3.82. The number of nitrogens with zero attached hydrogens (tertiary/aromatic N) is 1. The van der Waals surface area contributed by atoms with Gasteiger partial charge in [0.25, 0.3) is 0 Å². The van der Waals surface area contributed by atoms with Crippen LogP contribution in [0.1, 0.15) is 15.3 Å². The van der Waals surface area contributed by atoms with E-state index in [9.17, 15) is 4.79 Å². The van der Waals surface area contributed by atoms with Crippen molar-refractivity contribution < 1.29 is 9.53 Å². The highest BCUT2D eigenvalue weighted by Crippen LogP contribution is 2.24. The number of thiophene rings is 1. The zero-order valence-corrected chi connectivity index (χ0v) is 13.6. The number of hydrogen-bond donors (Lipinski definition) is 0. The Morgan fingerprint density at radius 3 is 2.75 bits per heavy atom. The van der Waals surface area contributed by atoms with Crippen LogP contribution in [0.4, 0.5) is 0 Å². The predicted molar refractivity (Wildman–Crippen MR) is 88.8 cm³/mol. The third-order valence-corrected chi connectivity index (χ3v) is 4.65. The van der Waals surface area contributed by atoms with E-state index in [2.05, 4.69) is 27.6 Å². The van der Waals surface area contributed by atoms with Gasteiger partial charge in [-0.1, -0.05) is 12.1 Å². The molecular formula is C15H10INO2S. The van der Waals surface area contributed by atoms with Crippen LogP contribution < -0.4 is 0 Å². The van der Waals surface area contributed by atoms with E-state index in [0.717, 1.165) is 14.0 Å². The molecule has 1 aliphatic rings. The van der Waals surface area contributed by atoms with Gasteiger partial charge in [0.2, 0.25) is 5.90 Å². The molecule has 0 spiro atoms. The van der Waals surface area contributed by atoms with Crippen molar-refractivity contribution in [3.63, 3.8) is 0 Å². The lowest BCUT2D eigenvalue weighted by Crippen LogP contribution is -2.06. The quantitative estimate of drug-likeness (QED) is 0.438. The topological polar surface area (TPSA) is 38.7 Å². The first-order chi connectivity index (χ1) is 9.63. The Morgan fingerprint density at radius 1 is 1.25 bits per heavy atom. The van der Waals surface area contributed by atoms with Crippen LogP contribution in [-0.2, 0) is 9.53 Å². The van der Waals surface area contributed by atoms with E-state index < -0.39 is 5.97 Å². The second kappa shape index (κ2) is 5.49. The standard InChI is InChI=1S/C15H10INO2S/c1-9-6-7-10(20-9)8-13-15(18)19-14(17-13)11-4-2-3-5-12(11)16/h2-8H,1H3/b13-8-. The number of carbonyl (C=O) groups is 1. The molecule has 1 aromatic heterocycles. The molecule has 5 heteroatoms. The van der Waals surface area contributed by atoms with Crippen LogP contribution in [0.5, 0.6) is 0 Å². The number of cyclic esters (lactones) is 1. The molecule has 2 aromatic rings. The number of benzene rings is 1. The first-order valence-electron chi connectivity index (χ1n) is 5.97. The first-order valence-corrected chi connectivity index (χ1v) is 7.87. The Hall–Kier alpha value is -1.47. The van der Waals surface area contributed by atoms with E-state index in [1.165, 1.54) is 4.88 Å². The van der Waals surface area contributed by atoms with Crippen LogP contribution in [0.2, 0.25) is 0 Å². The van der Waals surface area contributed by atoms with Crippen LogP contribution in [0.25, 0.3) is 6.08 Å². The van der Waals surface area contributed by atoms with Crippen LogP contribution in [0, 0.1) is 10.5 Å². The van der Waals surface area contributed by atoms with Gasteiger partial charge in [-0.25, -0.2) is 9.79 Å². The number of ether oxygens (including phenoxy) is 1. The summed E-state index contributed by atoms with van der Waals surface area (Å²) in [7, 11) is 0. The molecule has 2 heterocycles. The summed E-state index contributed by atoms with van der Waals surface area (Å²) in [5.41, 5.74) is 1.19. The van der Waals surface area contributed by atoms with Crippen molar-refractivity contribution in [1.29, 1.82) is 0 Å². The minimum absolute atomic E-state index is 0.349. The molecule has 0 fully saturated rings. The maximum absolute atomic E-state index is 11.9. The molecule has 0 unspecified atom stereocenters. The Balaban J connectivity index is 1.97. The molecule has 1 aliphatic heterocycles. The van der Waals surface area contributed by atoms with Gasteiger partial charge in [-0.15, -0.1) is 11.3 Å². The summed E-state index contributed by atoms with van der Waals surface area (Å²) in [5.74, 6) is -0.0229. The Morgan fingerprint density at radius 2 is 2.05 bits per heavy atom. The van der Waals surface area contributed by atoms with E-state index in [4.69, 9.17) is 4.74 Å². The number of aryl methyl sites for hydroxylation is 1. The second-order valence-electron chi connectivity index (χ2n) is 4.26. The van der Waals surface area contributed by atoms with Crippen LogP contribution >= 0.6 is 33.9 Å². The number of carbonyl (C=O) groups excluding carboxylic acids is 1. The Bertz CT molecular complexity index is 746. The summed E-state index contributed by atoms with van der Waals surface area (Å²) in [6, 6.07) is 11.7. The van der Waals surface area contributed by atoms with Crippen molar-refractivity contribution in [3.05, 3.63) is 61.0 Å². The molecule has 0 amide bonds. The fourth-order valence-corrected chi connectivity index (χ4v) is 3.26. The van der Waals surface area contributed by atoms with Crippen molar-refractivity contribution in [3.8, 4) is 0 Å². The Labute approximate surface area is 134 Å². The minimum Gasteiger partial charge on any atom is -0.402 e. The molecule has 0 aliphatic carbocycles. The third kappa shape index (κ3) is 2.69. The second-order valence-corrected chi connectivity index (χ2v) is 6.75. The number of aliphatic imine (C=N–C) groups is 1. The number of rotatable bonds is 2. The zero-order chi connectivity index (χ0) is 14.1. The number of hydrogen-bond acceptors (Lipinski definition) is 4. The lowest BCUT2D eigenvalue weighted by atomic mass is 10.2. The monoisotopic (exact) mass is 395 g/mol. The van der Waals surface area contributed by atoms with Gasteiger partial charge >= 0.3 is 5.97 Å². The van der Waals surface area contributed by atoms with Crippen molar-refractivity contribution in [2.45, 2.75) is 6.92 Å². The van der Waals surface area contributed by atoms with Gasteiger partial charge in [-0.2, -0.15) is 0 Å². The maximum atomic E-state index is 11.9. The minimum atomic E-state index is -0.397. The smallest absolute Gasteiger partial charge is 0.363 e. The zero-order valence-electron chi connectivity index (χ0n) is 10.6. The van der Waals surface area contributed by atoms with Gasteiger partial charge in [0, 0.05) is 13.3 Å². The molecule has 1 aromatic carbocycles. The molecule has 0 saturated heterocycles. The van der Waals surface area contributed by atoms with E-state index in [1.54, 1.807) is 17.4 Å². The van der Waals surface area contributed by atoms with E-state index >= 15 is 0 Å². The van der Waals surface area contributed by atoms with Crippen LogP contribution in [0.3, 0.4) is 0 Å². The van der Waals surface area contributed by atoms with Gasteiger partial charge in [0.05, 0.1) is 5.56 Å². The third-order valence-electron chi connectivity index (χ3n) is 2.76. The predicted octanol–water partition coefficient (Wildman–Crippen LogP) is 4.01. The van der Waals surface area contributed by atoms with Gasteiger partial charge < -0.3 is 4.74 Å². The molecule has 20 heavy (non-hydrogen) atoms. The molecule has 3 nitrogen and oxygen atoms in total. The number of halogens is 1. The molecule has 0 saturated carbocycles. The summed E-state index contributed by atoms with van der Waals surface area (Å²) in [6.45, 7) is 2.03. The van der Waals surface area contributed by atoms with E-state index in [-0.39, 0.29) is 0 Å². The van der Waals surface area contributed by atoms with E-state index in [1.807, 2.05) is 43.3 Å². The Kier molecular flexibility index (Phi) is 3.71. The number of esters is 1. The average Bonchev–Trinajstić information content (AvgIpc) is 2.98. The SMILES string of the molecule is Cc1ccc(/C=C2\N=C(c3ccccc3I)OC2=O)s1. The normalized spacial score (nSPS) is 16.4. The fraction of sp³-hybridized carbons (Fsp3) is 0.0667. The summed E-state index contributed by atoms with van der Waals surface area (Å²) in [6.07, 6.45) is 1.77. The van der Waals surface area contributed by atoms with Gasteiger partial charge in [-0.3, -0.25) is 0 Å². The van der Waals surface area contributed by atoms with Crippen molar-refractivity contribution in [1.82, 2.24) is 0 Å². The summed E-state index contributed by atoms with van der Waals surface area (Å²) in [4.78, 5) is 18.4.